The van der Waals surface area contributed by atoms with Gasteiger partial charge in [-0.1, -0.05) is 18.1 Å². The van der Waals surface area contributed by atoms with E-state index in [-0.39, 0.29) is 18.1 Å². The van der Waals surface area contributed by atoms with Crippen molar-refractivity contribution in [3.63, 3.8) is 0 Å². The fourth-order valence-corrected chi connectivity index (χ4v) is 1.01. The third kappa shape index (κ3) is 4.45. The summed E-state index contributed by atoms with van der Waals surface area (Å²) in [5.41, 5.74) is 1.08. The summed E-state index contributed by atoms with van der Waals surface area (Å²) in [4.78, 5) is 9.92. The van der Waals surface area contributed by atoms with Gasteiger partial charge in [0.25, 0.3) is 5.69 Å². The molecule has 0 aliphatic heterocycles. The lowest BCUT2D eigenvalue weighted by molar-refractivity contribution is -0.384. The van der Waals surface area contributed by atoms with Crippen molar-refractivity contribution in [2.45, 2.75) is 6.54 Å². The molecule has 0 unspecified atom stereocenters. The van der Waals surface area contributed by atoms with E-state index in [1.165, 1.54) is 12.1 Å². The zero-order valence-electron chi connectivity index (χ0n) is 7.97. The third-order valence-corrected chi connectivity index (χ3v) is 1.70. The van der Waals surface area contributed by atoms with Crippen molar-refractivity contribution in [3.8, 4) is 12.3 Å². The Morgan fingerprint density at radius 1 is 1.40 bits per heavy atom. The van der Waals surface area contributed by atoms with Gasteiger partial charge in [-0.25, -0.2) is 0 Å². The Hall–Kier alpha value is -1.57. The lowest BCUT2D eigenvalue weighted by Crippen LogP contribution is -2.12. The van der Waals surface area contributed by atoms with E-state index in [0.717, 1.165) is 5.56 Å². The Labute approximate surface area is 94.2 Å². The van der Waals surface area contributed by atoms with Crippen LogP contribution in [0, 0.1) is 22.5 Å². The maximum Gasteiger partial charge on any atom is 0.269 e. The number of hydrogen-bond donors (Lipinski definition) is 1. The minimum absolute atomic E-state index is 0. The number of nitro benzene ring substituents is 1. The first-order valence-electron chi connectivity index (χ1n) is 4.11. The van der Waals surface area contributed by atoms with Crippen LogP contribution in [-0.2, 0) is 6.54 Å². The molecule has 15 heavy (non-hydrogen) atoms. The second-order valence-electron chi connectivity index (χ2n) is 2.73. The highest BCUT2D eigenvalue weighted by Gasteiger charge is 2.02. The summed E-state index contributed by atoms with van der Waals surface area (Å²) < 4.78 is 0. The summed E-state index contributed by atoms with van der Waals surface area (Å²) in [5, 5.41) is 13.3. The molecular weight excluding hydrogens is 216 g/mol. The third-order valence-electron chi connectivity index (χ3n) is 1.70. The molecule has 1 N–H and O–H groups in total. The van der Waals surface area contributed by atoms with Crippen LogP contribution < -0.4 is 5.32 Å². The molecule has 0 heterocycles. The topological polar surface area (TPSA) is 55.2 Å². The van der Waals surface area contributed by atoms with Crippen molar-refractivity contribution >= 4 is 18.1 Å². The summed E-state index contributed by atoms with van der Waals surface area (Å²) >= 11 is 0. The molecule has 1 aromatic rings. The molecule has 5 heteroatoms. The van der Waals surface area contributed by atoms with Crippen LogP contribution in [0.2, 0.25) is 0 Å². The highest BCUT2D eigenvalue weighted by molar-refractivity contribution is 5.85. The number of nitro groups is 1. The zero-order valence-corrected chi connectivity index (χ0v) is 8.79. The number of hydrogen-bond acceptors (Lipinski definition) is 3. The molecule has 80 valence electrons. The summed E-state index contributed by atoms with van der Waals surface area (Å²) in [6, 6.07) is 6.38. The van der Waals surface area contributed by atoms with Crippen molar-refractivity contribution in [2.24, 2.45) is 0 Å². The van der Waals surface area contributed by atoms with Gasteiger partial charge in [0.1, 0.15) is 0 Å². The molecule has 1 aromatic carbocycles. The maximum atomic E-state index is 10.3. The molecule has 0 aromatic heterocycles. The van der Waals surface area contributed by atoms with Crippen molar-refractivity contribution in [1.29, 1.82) is 0 Å². The quantitative estimate of drug-likeness (QED) is 0.368. The molecular formula is C10H11ClN2O2. The Morgan fingerprint density at radius 3 is 2.47 bits per heavy atom. The number of nitrogens with one attached hydrogen (secondary N) is 1. The fourth-order valence-electron chi connectivity index (χ4n) is 1.01. The lowest BCUT2D eigenvalue weighted by atomic mass is 10.2. The Bertz CT molecular complexity index is 357. The Kier molecular flexibility index (Phi) is 6.11. The molecule has 0 bridgehead atoms. The normalized spacial score (nSPS) is 8.73. The minimum Gasteiger partial charge on any atom is -0.302 e. The SMILES string of the molecule is C#CCNCc1ccc([N+](=O)[O-])cc1.Cl. The number of halogens is 1. The van der Waals surface area contributed by atoms with Gasteiger partial charge < -0.3 is 5.32 Å². The summed E-state index contributed by atoms with van der Waals surface area (Å²) in [6.45, 7) is 1.12. The first-order chi connectivity index (χ1) is 6.74. The molecule has 0 fully saturated rings. The molecule has 0 aliphatic rings. The van der Waals surface area contributed by atoms with E-state index in [1.54, 1.807) is 12.1 Å². The first kappa shape index (κ1) is 13.4. The van der Waals surface area contributed by atoms with Crippen molar-refractivity contribution in [3.05, 3.63) is 39.9 Å². The van der Waals surface area contributed by atoms with Crippen LogP contribution in [0.5, 0.6) is 0 Å². The Balaban J connectivity index is 0.00000196. The lowest BCUT2D eigenvalue weighted by Gasteiger charge is -2.00. The Morgan fingerprint density at radius 2 is 2.00 bits per heavy atom. The number of benzene rings is 1. The van der Waals surface area contributed by atoms with Crippen LogP contribution in [0.1, 0.15) is 5.56 Å². The molecule has 4 nitrogen and oxygen atoms in total. The van der Waals surface area contributed by atoms with Gasteiger partial charge in [-0.3, -0.25) is 10.1 Å². The van der Waals surface area contributed by atoms with Gasteiger partial charge >= 0.3 is 0 Å². The number of nitrogens with zero attached hydrogens (tertiary/aromatic N) is 1. The number of rotatable bonds is 4. The van der Waals surface area contributed by atoms with Gasteiger partial charge in [0, 0.05) is 18.7 Å². The van der Waals surface area contributed by atoms with Gasteiger partial charge in [0.15, 0.2) is 0 Å². The highest BCUT2D eigenvalue weighted by Crippen LogP contribution is 2.11. The van der Waals surface area contributed by atoms with E-state index < -0.39 is 4.92 Å². The largest absolute Gasteiger partial charge is 0.302 e. The van der Waals surface area contributed by atoms with Gasteiger partial charge in [-0.05, 0) is 5.56 Å². The van der Waals surface area contributed by atoms with Crippen LogP contribution in [0.15, 0.2) is 24.3 Å². The minimum atomic E-state index is -0.418. The number of non-ortho nitro benzene ring substituents is 1. The van der Waals surface area contributed by atoms with Crippen LogP contribution >= 0.6 is 12.4 Å². The second-order valence-corrected chi connectivity index (χ2v) is 2.73. The maximum absolute atomic E-state index is 10.3. The molecule has 1 rings (SSSR count). The summed E-state index contributed by atoms with van der Waals surface area (Å²) in [6.07, 6.45) is 5.05. The van der Waals surface area contributed by atoms with Crippen LogP contribution in [0.3, 0.4) is 0 Å². The standard InChI is InChI=1S/C10H10N2O2.ClH/c1-2-7-11-8-9-3-5-10(6-4-9)12(13)14;/h1,3-6,11H,7-8H2;1H. The van der Waals surface area contributed by atoms with Gasteiger partial charge in [-0.15, -0.1) is 18.8 Å². The second kappa shape index (κ2) is 6.82. The van der Waals surface area contributed by atoms with Crippen LogP contribution in [0.25, 0.3) is 0 Å². The number of terminal acetylenes is 1. The van der Waals surface area contributed by atoms with Gasteiger partial charge in [0.05, 0.1) is 11.5 Å². The molecule has 0 aliphatic carbocycles. The first-order valence-corrected chi connectivity index (χ1v) is 4.11. The van der Waals surface area contributed by atoms with E-state index in [0.29, 0.717) is 13.1 Å². The van der Waals surface area contributed by atoms with Crippen LogP contribution in [-0.4, -0.2) is 11.5 Å². The van der Waals surface area contributed by atoms with Crippen molar-refractivity contribution in [2.75, 3.05) is 6.54 Å². The van der Waals surface area contributed by atoms with Crippen LogP contribution in [0.4, 0.5) is 5.69 Å². The average Bonchev–Trinajstić information content (AvgIpc) is 2.19. The van der Waals surface area contributed by atoms with E-state index in [4.69, 9.17) is 6.42 Å². The monoisotopic (exact) mass is 226 g/mol. The molecule has 0 atom stereocenters. The highest BCUT2D eigenvalue weighted by atomic mass is 35.5. The van der Waals surface area contributed by atoms with E-state index in [2.05, 4.69) is 11.2 Å². The van der Waals surface area contributed by atoms with E-state index in [1.807, 2.05) is 0 Å². The molecule has 0 spiro atoms. The van der Waals surface area contributed by atoms with Crippen molar-refractivity contribution < 1.29 is 4.92 Å². The van der Waals surface area contributed by atoms with E-state index >= 15 is 0 Å². The smallest absolute Gasteiger partial charge is 0.269 e. The molecule has 0 amide bonds. The fraction of sp³-hybridized carbons (Fsp3) is 0.200. The van der Waals surface area contributed by atoms with Crippen molar-refractivity contribution in [1.82, 2.24) is 5.32 Å². The summed E-state index contributed by atoms with van der Waals surface area (Å²) in [7, 11) is 0. The molecule has 0 saturated heterocycles. The van der Waals surface area contributed by atoms with E-state index in [9.17, 15) is 10.1 Å². The predicted molar refractivity (Wildman–Crippen MR) is 60.9 cm³/mol. The molecule has 0 saturated carbocycles. The molecule has 0 radical (unpaired) electrons. The zero-order chi connectivity index (χ0) is 10.4. The van der Waals surface area contributed by atoms with Gasteiger partial charge in [0.2, 0.25) is 0 Å². The average molecular weight is 227 g/mol. The predicted octanol–water partition coefficient (Wildman–Crippen LogP) is 1.74. The van der Waals surface area contributed by atoms with Gasteiger partial charge in [-0.2, -0.15) is 0 Å². The summed E-state index contributed by atoms with van der Waals surface area (Å²) in [5.74, 6) is 2.45.